The van der Waals surface area contributed by atoms with Gasteiger partial charge in [-0.1, -0.05) is 37.3 Å². The molecule has 0 aliphatic carbocycles. The fourth-order valence-corrected chi connectivity index (χ4v) is 5.12. The number of alkyl halides is 3. The number of halogens is 3. The Hall–Kier alpha value is -3.64. The van der Waals surface area contributed by atoms with E-state index in [0.29, 0.717) is 50.2 Å². The number of carbonyl (C=O) groups excluding carboxylic acids is 2. The summed E-state index contributed by atoms with van der Waals surface area (Å²) < 4.78 is 47.4. The van der Waals surface area contributed by atoms with Gasteiger partial charge in [0.15, 0.2) is 23.8 Å². The van der Waals surface area contributed by atoms with Crippen molar-refractivity contribution in [3.8, 4) is 5.75 Å². The van der Waals surface area contributed by atoms with E-state index < -0.39 is 30.0 Å². The highest BCUT2D eigenvalue weighted by Crippen LogP contribution is 2.33. The lowest BCUT2D eigenvalue weighted by Gasteiger charge is -2.31. The SMILES string of the molecule is CCc1cc2c(c(OCC(F)(F)F)c(C(=O)NC3CCN(CCO)CC3)n2C)c(=O)n1CC(=O)c1ccccc1. The number of β-amino-alcohol motifs (C(OH)–C–C–N with tert-alkyl or cyclic N) is 1. The smallest absolute Gasteiger partial charge is 0.422 e. The Morgan fingerprint density at radius 1 is 1.15 bits per heavy atom. The summed E-state index contributed by atoms with van der Waals surface area (Å²) in [6.45, 7) is 1.65. The maximum atomic E-state index is 13.8. The standard InChI is InChI=1S/C28H33F3N4O5/c1-3-20-15-21-23(27(39)35(20)16-22(37)18-7-5-4-6-8-18)25(40-17-28(29,30)31)24(33(21)2)26(38)32-19-9-11-34(12-10-19)13-14-36/h4-8,15,19,36H,3,9-14,16-17H2,1-2H3,(H,32,38). The molecule has 0 radical (unpaired) electrons. The van der Waals surface area contributed by atoms with Gasteiger partial charge in [-0.2, -0.15) is 13.2 Å². The average Bonchev–Trinajstić information content (AvgIpc) is 3.21. The third kappa shape index (κ3) is 6.39. The van der Waals surface area contributed by atoms with Crippen LogP contribution in [-0.4, -0.2) is 75.9 Å². The van der Waals surface area contributed by atoms with Gasteiger partial charge in [0, 0.05) is 44.0 Å². The third-order valence-corrected chi connectivity index (χ3v) is 7.20. The van der Waals surface area contributed by atoms with E-state index in [1.54, 1.807) is 43.3 Å². The van der Waals surface area contributed by atoms with Gasteiger partial charge in [-0.25, -0.2) is 0 Å². The van der Waals surface area contributed by atoms with Crippen molar-refractivity contribution in [3.05, 3.63) is 63.7 Å². The largest absolute Gasteiger partial charge is 0.481 e. The van der Waals surface area contributed by atoms with E-state index in [1.807, 2.05) is 0 Å². The molecule has 9 nitrogen and oxygen atoms in total. The molecular weight excluding hydrogens is 529 g/mol. The van der Waals surface area contributed by atoms with Crippen LogP contribution < -0.4 is 15.6 Å². The molecule has 1 aliphatic rings. The quantitative estimate of drug-likeness (QED) is 0.368. The minimum atomic E-state index is -4.71. The molecule has 0 unspecified atom stereocenters. The van der Waals surface area contributed by atoms with E-state index in [4.69, 9.17) is 9.84 Å². The lowest BCUT2D eigenvalue weighted by atomic mass is 10.0. The van der Waals surface area contributed by atoms with Gasteiger partial charge in [0.2, 0.25) is 0 Å². The van der Waals surface area contributed by atoms with Crippen LogP contribution in [0.25, 0.3) is 10.9 Å². The molecule has 2 N–H and O–H groups in total. The predicted molar refractivity (Wildman–Crippen MR) is 143 cm³/mol. The first-order chi connectivity index (χ1) is 19.0. The van der Waals surface area contributed by atoms with Crippen molar-refractivity contribution in [2.24, 2.45) is 7.05 Å². The van der Waals surface area contributed by atoms with Crippen molar-refractivity contribution < 1.29 is 32.6 Å². The number of nitrogens with zero attached hydrogens (tertiary/aromatic N) is 3. The Morgan fingerprint density at radius 2 is 1.82 bits per heavy atom. The monoisotopic (exact) mass is 562 g/mol. The topological polar surface area (TPSA) is 106 Å². The van der Waals surface area contributed by atoms with Crippen molar-refractivity contribution in [2.75, 3.05) is 32.8 Å². The lowest BCUT2D eigenvalue weighted by molar-refractivity contribution is -0.153. The number of hydrogen-bond donors (Lipinski definition) is 2. The number of ether oxygens (including phenoxy) is 1. The number of ketones is 1. The zero-order valence-corrected chi connectivity index (χ0v) is 22.5. The summed E-state index contributed by atoms with van der Waals surface area (Å²) in [5, 5.41) is 11.8. The molecule has 3 aromatic rings. The minimum absolute atomic E-state index is 0.0289. The van der Waals surface area contributed by atoms with E-state index in [2.05, 4.69) is 10.2 Å². The second kappa shape index (κ2) is 12.3. The molecule has 1 aromatic carbocycles. The van der Waals surface area contributed by atoms with Crippen LogP contribution in [0.2, 0.25) is 0 Å². The first-order valence-corrected chi connectivity index (χ1v) is 13.2. The van der Waals surface area contributed by atoms with Crippen LogP contribution in [0.4, 0.5) is 13.2 Å². The van der Waals surface area contributed by atoms with Gasteiger partial charge in [0.05, 0.1) is 18.7 Å². The van der Waals surface area contributed by atoms with Crippen LogP contribution in [0.15, 0.2) is 41.2 Å². The maximum absolute atomic E-state index is 13.8. The summed E-state index contributed by atoms with van der Waals surface area (Å²) in [7, 11) is 1.50. The van der Waals surface area contributed by atoms with Crippen molar-refractivity contribution in [1.29, 1.82) is 0 Å². The van der Waals surface area contributed by atoms with Gasteiger partial charge >= 0.3 is 6.18 Å². The van der Waals surface area contributed by atoms with Crippen LogP contribution in [-0.2, 0) is 20.0 Å². The third-order valence-electron chi connectivity index (χ3n) is 7.20. The number of pyridine rings is 1. The molecule has 216 valence electrons. The van der Waals surface area contributed by atoms with Crippen LogP contribution in [0.1, 0.15) is 46.3 Å². The molecule has 1 amide bonds. The summed E-state index contributed by atoms with van der Waals surface area (Å²) in [5.74, 6) is -1.45. The highest BCUT2D eigenvalue weighted by Gasteiger charge is 2.33. The fraction of sp³-hybridized carbons (Fsp3) is 0.464. The maximum Gasteiger partial charge on any atom is 0.422 e. The first-order valence-electron chi connectivity index (χ1n) is 13.2. The molecule has 0 saturated carbocycles. The number of rotatable bonds is 10. The number of benzene rings is 1. The number of likely N-dealkylation sites (tertiary alicyclic amines) is 1. The zero-order chi connectivity index (χ0) is 29.0. The molecular formula is C28H33F3N4O5. The molecule has 2 aromatic heterocycles. The Labute approximate surface area is 229 Å². The Morgan fingerprint density at radius 3 is 2.42 bits per heavy atom. The summed E-state index contributed by atoms with van der Waals surface area (Å²) in [6.07, 6.45) is -3.14. The summed E-state index contributed by atoms with van der Waals surface area (Å²) >= 11 is 0. The average molecular weight is 563 g/mol. The van der Waals surface area contributed by atoms with Crippen LogP contribution in [0, 0.1) is 0 Å². The minimum Gasteiger partial charge on any atom is -0.481 e. The number of aryl methyl sites for hydroxylation is 2. The van der Waals surface area contributed by atoms with Gasteiger partial charge < -0.3 is 29.2 Å². The fourth-order valence-electron chi connectivity index (χ4n) is 5.12. The lowest BCUT2D eigenvalue weighted by Crippen LogP contribution is -2.45. The second-order valence-corrected chi connectivity index (χ2v) is 9.88. The second-order valence-electron chi connectivity index (χ2n) is 9.88. The first kappa shape index (κ1) is 29.3. The highest BCUT2D eigenvalue weighted by atomic mass is 19.4. The molecule has 0 atom stereocenters. The van der Waals surface area contributed by atoms with Gasteiger partial charge in [-0.05, 0) is 25.3 Å². The van der Waals surface area contributed by atoms with E-state index in [1.165, 1.54) is 16.2 Å². The molecule has 0 bridgehead atoms. The molecule has 4 rings (SSSR count). The van der Waals surface area contributed by atoms with E-state index >= 15 is 0 Å². The van der Waals surface area contributed by atoms with Crippen molar-refractivity contribution in [1.82, 2.24) is 19.4 Å². The van der Waals surface area contributed by atoms with E-state index in [9.17, 15) is 27.6 Å². The predicted octanol–water partition coefficient (Wildman–Crippen LogP) is 2.91. The van der Waals surface area contributed by atoms with Crippen molar-refractivity contribution >= 4 is 22.6 Å². The summed E-state index contributed by atoms with van der Waals surface area (Å²) in [5.41, 5.74) is 0.229. The van der Waals surface area contributed by atoms with Crippen LogP contribution in [0.3, 0.4) is 0 Å². The van der Waals surface area contributed by atoms with E-state index in [-0.39, 0.29) is 41.6 Å². The van der Waals surface area contributed by atoms with Gasteiger partial charge in [0.25, 0.3) is 11.5 Å². The highest BCUT2D eigenvalue weighted by molar-refractivity contribution is 6.04. The number of fused-ring (bicyclic) bond motifs is 1. The van der Waals surface area contributed by atoms with Gasteiger partial charge in [0.1, 0.15) is 5.39 Å². The van der Waals surface area contributed by atoms with E-state index in [0.717, 1.165) is 0 Å². The van der Waals surface area contributed by atoms with Gasteiger partial charge in [-0.15, -0.1) is 0 Å². The molecule has 1 fully saturated rings. The zero-order valence-electron chi connectivity index (χ0n) is 22.5. The molecule has 0 spiro atoms. The molecule has 40 heavy (non-hydrogen) atoms. The normalized spacial score (nSPS) is 14.9. The number of aliphatic hydroxyl groups is 1. The number of nitrogens with one attached hydrogen (secondary N) is 1. The van der Waals surface area contributed by atoms with Crippen LogP contribution in [0.5, 0.6) is 5.75 Å². The number of Topliss-reactive ketones (excluding diaryl/α,β-unsaturated/α-hetero) is 1. The van der Waals surface area contributed by atoms with Crippen molar-refractivity contribution in [3.63, 3.8) is 0 Å². The molecule has 1 saturated heterocycles. The van der Waals surface area contributed by atoms with Crippen molar-refractivity contribution in [2.45, 2.75) is 44.9 Å². The molecule has 1 aliphatic heterocycles. The number of amides is 1. The van der Waals surface area contributed by atoms with Gasteiger partial charge in [-0.3, -0.25) is 14.4 Å². The summed E-state index contributed by atoms with van der Waals surface area (Å²) in [6, 6.07) is 9.76. The number of aliphatic hydroxyl groups excluding tert-OH is 1. The molecule has 12 heteroatoms. The molecule has 3 heterocycles. The van der Waals surface area contributed by atoms with Crippen LogP contribution >= 0.6 is 0 Å². The summed E-state index contributed by atoms with van der Waals surface area (Å²) in [4.78, 5) is 42.2. The number of piperidine rings is 1. The Balaban J connectivity index is 1.76. The number of carbonyl (C=O) groups is 2. The number of hydrogen-bond acceptors (Lipinski definition) is 6. The Kier molecular flexibility index (Phi) is 8.99. The Bertz CT molecular complexity index is 1420. The number of aromatic nitrogens is 2.